The topological polar surface area (TPSA) is 12.0 Å². The average Bonchev–Trinajstić information content (AvgIpc) is 2.20. The summed E-state index contributed by atoms with van der Waals surface area (Å²) in [5, 5.41) is 3.19. The van der Waals surface area contributed by atoms with Crippen molar-refractivity contribution >= 4 is 11.8 Å². The van der Waals surface area contributed by atoms with Gasteiger partial charge in [0.25, 0.3) is 0 Å². The van der Waals surface area contributed by atoms with Crippen LogP contribution in [0.25, 0.3) is 0 Å². The molecule has 0 aliphatic rings. The molecule has 0 spiro atoms. The van der Waals surface area contributed by atoms with Crippen molar-refractivity contribution in [2.24, 2.45) is 0 Å². The van der Waals surface area contributed by atoms with E-state index >= 15 is 0 Å². The Hall–Kier alpha value is -0.470. The van der Waals surface area contributed by atoms with Crippen molar-refractivity contribution in [3.8, 4) is 0 Å². The summed E-state index contributed by atoms with van der Waals surface area (Å²) in [5.41, 5.74) is 4.32. The molecule has 1 aromatic carbocycles. The van der Waals surface area contributed by atoms with Gasteiger partial charge in [0.1, 0.15) is 0 Å². The first-order chi connectivity index (χ1) is 6.69. The molecule has 78 valence electrons. The Morgan fingerprint density at radius 2 is 2.00 bits per heavy atom. The van der Waals surface area contributed by atoms with E-state index in [1.807, 2.05) is 18.8 Å². The molecule has 0 fully saturated rings. The SMILES string of the molecule is CNCCc1cc(SC)cc(C)c1C. The van der Waals surface area contributed by atoms with E-state index in [0.717, 1.165) is 13.0 Å². The summed E-state index contributed by atoms with van der Waals surface area (Å²) in [6.45, 7) is 5.46. The molecular formula is C12H19NS. The van der Waals surface area contributed by atoms with Gasteiger partial charge < -0.3 is 5.32 Å². The Bertz CT molecular complexity index is 307. The van der Waals surface area contributed by atoms with Crippen molar-refractivity contribution in [1.82, 2.24) is 5.32 Å². The van der Waals surface area contributed by atoms with E-state index in [9.17, 15) is 0 Å². The second-order valence-corrected chi connectivity index (χ2v) is 4.46. The lowest BCUT2D eigenvalue weighted by Gasteiger charge is -2.10. The van der Waals surface area contributed by atoms with Crippen LogP contribution in [0, 0.1) is 13.8 Å². The van der Waals surface area contributed by atoms with E-state index in [2.05, 4.69) is 37.6 Å². The van der Waals surface area contributed by atoms with Crippen LogP contribution < -0.4 is 5.32 Å². The third-order valence-electron chi connectivity index (χ3n) is 2.63. The van der Waals surface area contributed by atoms with Crippen molar-refractivity contribution in [2.75, 3.05) is 19.8 Å². The van der Waals surface area contributed by atoms with Gasteiger partial charge in [-0.05, 0) is 68.9 Å². The molecular weight excluding hydrogens is 190 g/mol. The molecule has 1 nitrogen and oxygen atoms in total. The molecule has 0 unspecified atom stereocenters. The first kappa shape index (κ1) is 11.6. The number of nitrogens with one attached hydrogen (secondary N) is 1. The molecule has 0 aliphatic heterocycles. The lowest BCUT2D eigenvalue weighted by Crippen LogP contribution is -2.11. The van der Waals surface area contributed by atoms with Gasteiger partial charge in [0.05, 0.1) is 0 Å². The van der Waals surface area contributed by atoms with Crippen LogP contribution in [-0.2, 0) is 6.42 Å². The van der Waals surface area contributed by atoms with Crippen molar-refractivity contribution in [3.05, 3.63) is 28.8 Å². The Kier molecular flexibility index (Phi) is 4.49. The molecule has 0 aromatic heterocycles. The summed E-state index contributed by atoms with van der Waals surface area (Å²) >= 11 is 1.82. The van der Waals surface area contributed by atoms with Gasteiger partial charge in [0, 0.05) is 4.90 Å². The lowest BCUT2D eigenvalue weighted by molar-refractivity contribution is 0.786. The molecule has 0 radical (unpaired) electrons. The first-order valence-electron chi connectivity index (χ1n) is 4.97. The van der Waals surface area contributed by atoms with E-state index in [-0.39, 0.29) is 0 Å². The minimum Gasteiger partial charge on any atom is -0.319 e. The molecule has 0 amide bonds. The molecule has 1 N–H and O–H groups in total. The van der Waals surface area contributed by atoms with Crippen molar-refractivity contribution in [1.29, 1.82) is 0 Å². The third-order valence-corrected chi connectivity index (χ3v) is 3.34. The van der Waals surface area contributed by atoms with Gasteiger partial charge in [-0.15, -0.1) is 11.8 Å². The number of thioether (sulfide) groups is 1. The van der Waals surface area contributed by atoms with Crippen LogP contribution in [0.1, 0.15) is 16.7 Å². The van der Waals surface area contributed by atoms with E-state index < -0.39 is 0 Å². The number of hydrogen-bond acceptors (Lipinski definition) is 2. The number of aryl methyl sites for hydroxylation is 1. The van der Waals surface area contributed by atoms with Crippen molar-refractivity contribution in [2.45, 2.75) is 25.2 Å². The number of likely N-dealkylation sites (N-methyl/N-ethyl adjacent to an activating group) is 1. The highest BCUT2D eigenvalue weighted by Gasteiger charge is 2.03. The van der Waals surface area contributed by atoms with Gasteiger partial charge >= 0.3 is 0 Å². The van der Waals surface area contributed by atoms with Crippen molar-refractivity contribution < 1.29 is 0 Å². The normalized spacial score (nSPS) is 10.6. The number of benzene rings is 1. The highest BCUT2D eigenvalue weighted by atomic mass is 32.2. The average molecular weight is 209 g/mol. The molecule has 0 saturated carbocycles. The highest BCUT2D eigenvalue weighted by Crippen LogP contribution is 2.22. The van der Waals surface area contributed by atoms with Gasteiger partial charge in [0.15, 0.2) is 0 Å². The lowest BCUT2D eigenvalue weighted by atomic mass is 10.0. The summed E-state index contributed by atoms with van der Waals surface area (Å²) in [6, 6.07) is 4.58. The zero-order valence-electron chi connectivity index (χ0n) is 9.48. The molecule has 0 bridgehead atoms. The summed E-state index contributed by atoms with van der Waals surface area (Å²) in [4.78, 5) is 1.37. The Morgan fingerprint density at radius 1 is 1.29 bits per heavy atom. The van der Waals surface area contributed by atoms with Crippen molar-refractivity contribution in [3.63, 3.8) is 0 Å². The zero-order valence-corrected chi connectivity index (χ0v) is 10.3. The summed E-state index contributed by atoms with van der Waals surface area (Å²) in [6.07, 6.45) is 3.25. The minimum atomic E-state index is 1.05. The minimum absolute atomic E-state index is 1.05. The van der Waals surface area contributed by atoms with Crippen LogP contribution in [0.15, 0.2) is 17.0 Å². The quantitative estimate of drug-likeness (QED) is 0.765. The molecule has 0 atom stereocenters. The molecule has 0 aliphatic carbocycles. The molecule has 0 heterocycles. The van der Waals surface area contributed by atoms with Crippen LogP contribution in [0.4, 0.5) is 0 Å². The fourth-order valence-corrected chi connectivity index (χ4v) is 2.09. The van der Waals surface area contributed by atoms with E-state index in [4.69, 9.17) is 0 Å². The van der Waals surface area contributed by atoms with Crippen LogP contribution in [0.3, 0.4) is 0 Å². The van der Waals surface area contributed by atoms with E-state index in [0.29, 0.717) is 0 Å². The van der Waals surface area contributed by atoms with Gasteiger partial charge in [0.2, 0.25) is 0 Å². The van der Waals surface area contributed by atoms with Gasteiger partial charge in [-0.1, -0.05) is 0 Å². The number of hydrogen-bond donors (Lipinski definition) is 1. The first-order valence-corrected chi connectivity index (χ1v) is 6.20. The summed E-state index contributed by atoms with van der Waals surface area (Å²) in [7, 11) is 2.00. The molecule has 14 heavy (non-hydrogen) atoms. The summed E-state index contributed by atoms with van der Waals surface area (Å²) in [5.74, 6) is 0. The second-order valence-electron chi connectivity index (χ2n) is 3.58. The van der Waals surface area contributed by atoms with E-state index in [1.54, 1.807) is 0 Å². The molecule has 0 saturated heterocycles. The van der Waals surface area contributed by atoms with Gasteiger partial charge in [-0.3, -0.25) is 0 Å². The maximum atomic E-state index is 3.19. The third kappa shape index (κ3) is 2.76. The molecule has 1 aromatic rings. The highest BCUT2D eigenvalue weighted by molar-refractivity contribution is 7.98. The van der Waals surface area contributed by atoms with Crippen LogP contribution in [0.5, 0.6) is 0 Å². The Morgan fingerprint density at radius 3 is 2.57 bits per heavy atom. The predicted octanol–water partition coefficient (Wildman–Crippen LogP) is 2.79. The largest absolute Gasteiger partial charge is 0.319 e. The monoisotopic (exact) mass is 209 g/mol. The van der Waals surface area contributed by atoms with Crippen LogP contribution in [-0.4, -0.2) is 19.8 Å². The van der Waals surface area contributed by atoms with Crippen LogP contribution in [0.2, 0.25) is 0 Å². The van der Waals surface area contributed by atoms with E-state index in [1.165, 1.54) is 21.6 Å². The Balaban J connectivity index is 2.95. The van der Waals surface area contributed by atoms with Crippen LogP contribution >= 0.6 is 11.8 Å². The Labute approximate surface area is 91.3 Å². The predicted molar refractivity (Wildman–Crippen MR) is 65.3 cm³/mol. The zero-order chi connectivity index (χ0) is 10.6. The summed E-state index contributed by atoms with van der Waals surface area (Å²) < 4.78 is 0. The molecule has 1 rings (SSSR count). The fraction of sp³-hybridized carbons (Fsp3) is 0.500. The van der Waals surface area contributed by atoms with Gasteiger partial charge in [-0.25, -0.2) is 0 Å². The molecule has 2 heteroatoms. The maximum Gasteiger partial charge on any atom is 0.00747 e. The smallest absolute Gasteiger partial charge is 0.00747 e. The fourth-order valence-electron chi connectivity index (χ4n) is 1.53. The van der Waals surface area contributed by atoms with Gasteiger partial charge in [-0.2, -0.15) is 0 Å². The number of rotatable bonds is 4. The standard InChI is InChI=1S/C12H19NS/c1-9-7-12(14-4)8-11(10(9)2)5-6-13-3/h7-8,13H,5-6H2,1-4H3. The maximum absolute atomic E-state index is 3.19. The second kappa shape index (κ2) is 5.42.